The lowest BCUT2D eigenvalue weighted by atomic mass is 10.2. The summed E-state index contributed by atoms with van der Waals surface area (Å²) in [7, 11) is 0. The highest BCUT2D eigenvalue weighted by Crippen LogP contribution is 2.25. The summed E-state index contributed by atoms with van der Waals surface area (Å²) >= 11 is 5.86. The van der Waals surface area contributed by atoms with Crippen LogP contribution >= 0.6 is 11.6 Å². The Morgan fingerprint density at radius 2 is 2.20 bits per heavy atom. The molecule has 0 saturated carbocycles. The van der Waals surface area contributed by atoms with Gasteiger partial charge in [0.2, 0.25) is 0 Å². The molecule has 0 aliphatic heterocycles. The van der Waals surface area contributed by atoms with E-state index in [-0.39, 0.29) is 22.2 Å². The van der Waals surface area contributed by atoms with E-state index in [1.165, 1.54) is 6.07 Å². The average Bonchev–Trinajstić information content (AvgIpc) is 2.33. The first-order valence-corrected chi connectivity index (χ1v) is 5.82. The Bertz CT molecular complexity index is 745. The minimum Gasteiger partial charge on any atom is -0.481 e. The SMILES string of the molecule is Nc1nc(-c2ccc(F)cc2Cl)[nH]c(=O)c1CC(=O)O. The zero-order chi connectivity index (χ0) is 14.9. The molecule has 0 aliphatic carbocycles. The number of nitrogen functional groups attached to an aromatic ring is 1. The molecule has 2 aromatic rings. The molecule has 8 heteroatoms. The molecule has 0 unspecified atom stereocenters. The Morgan fingerprint density at radius 3 is 2.75 bits per heavy atom. The number of nitrogens with two attached hydrogens (primary N) is 1. The molecule has 0 amide bonds. The molecular weight excluding hydrogens is 289 g/mol. The van der Waals surface area contributed by atoms with Crippen LogP contribution in [0.4, 0.5) is 10.2 Å². The number of carboxylic acids is 1. The topological polar surface area (TPSA) is 109 Å². The van der Waals surface area contributed by atoms with Crippen LogP contribution in [0.3, 0.4) is 0 Å². The highest BCUT2D eigenvalue weighted by Gasteiger charge is 2.15. The van der Waals surface area contributed by atoms with Gasteiger partial charge in [-0.15, -0.1) is 0 Å². The van der Waals surface area contributed by atoms with Gasteiger partial charge >= 0.3 is 5.97 Å². The molecule has 0 radical (unpaired) electrons. The van der Waals surface area contributed by atoms with Gasteiger partial charge in [0, 0.05) is 5.56 Å². The lowest BCUT2D eigenvalue weighted by molar-refractivity contribution is -0.136. The predicted molar refractivity (Wildman–Crippen MR) is 71.0 cm³/mol. The Hall–Kier alpha value is -2.41. The van der Waals surface area contributed by atoms with E-state index < -0.39 is 23.8 Å². The second kappa shape index (κ2) is 5.30. The third kappa shape index (κ3) is 2.77. The van der Waals surface area contributed by atoms with Crippen LogP contribution in [0.25, 0.3) is 11.4 Å². The molecule has 1 heterocycles. The number of aliphatic carboxylic acids is 1. The Balaban J connectivity index is 2.55. The van der Waals surface area contributed by atoms with E-state index in [1.807, 2.05) is 0 Å². The van der Waals surface area contributed by atoms with Gasteiger partial charge in [0.25, 0.3) is 5.56 Å². The molecule has 4 N–H and O–H groups in total. The molecule has 0 saturated heterocycles. The van der Waals surface area contributed by atoms with Crippen LogP contribution < -0.4 is 11.3 Å². The summed E-state index contributed by atoms with van der Waals surface area (Å²) in [6.07, 6.45) is -0.536. The van der Waals surface area contributed by atoms with Gasteiger partial charge in [-0.2, -0.15) is 0 Å². The minimum atomic E-state index is -1.20. The van der Waals surface area contributed by atoms with Gasteiger partial charge in [0.05, 0.1) is 17.0 Å². The van der Waals surface area contributed by atoms with Crippen LogP contribution in [0.2, 0.25) is 5.02 Å². The van der Waals surface area contributed by atoms with Gasteiger partial charge in [-0.25, -0.2) is 9.37 Å². The van der Waals surface area contributed by atoms with Crippen molar-refractivity contribution in [2.24, 2.45) is 0 Å². The molecule has 6 nitrogen and oxygen atoms in total. The first-order chi connectivity index (χ1) is 9.38. The number of aromatic nitrogens is 2. The van der Waals surface area contributed by atoms with Gasteiger partial charge in [0.1, 0.15) is 17.5 Å². The normalized spacial score (nSPS) is 10.5. The second-order valence-corrected chi connectivity index (χ2v) is 4.38. The van der Waals surface area contributed by atoms with Gasteiger partial charge in [0.15, 0.2) is 0 Å². The Kier molecular flexibility index (Phi) is 3.71. The number of hydrogen-bond donors (Lipinski definition) is 3. The van der Waals surface area contributed by atoms with Crippen molar-refractivity contribution in [1.29, 1.82) is 0 Å². The summed E-state index contributed by atoms with van der Waals surface area (Å²) in [6.45, 7) is 0. The van der Waals surface area contributed by atoms with Crippen molar-refractivity contribution in [1.82, 2.24) is 9.97 Å². The van der Waals surface area contributed by atoms with Crippen LogP contribution in [-0.2, 0) is 11.2 Å². The van der Waals surface area contributed by atoms with Crippen molar-refractivity contribution < 1.29 is 14.3 Å². The molecule has 1 aromatic carbocycles. The number of benzene rings is 1. The number of nitrogens with zero attached hydrogens (tertiary/aromatic N) is 1. The molecule has 0 atom stereocenters. The third-order valence-corrected chi connectivity index (χ3v) is 2.87. The number of carboxylic acid groups (broad SMARTS) is 1. The van der Waals surface area contributed by atoms with E-state index in [4.69, 9.17) is 22.4 Å². The summed E-state index contributed by atoms with van der Waals surface area (Å²) in [5.41, 5.74) is 5.06. The molecule has 20 heavy (non-hydrogen) atoms. The largest absolute Gasteiger partial charge is 0.481 e. The van der Waals surface area contributed by atoms with Crippen LogP contribution in [-0.4, -0.2) is 21.0 Å². The van der Waals surface area contributed by atoms with Crippen LogP contribution in [0.1, 0.15) is 5.56 Å². The average molecular weight is 298 g/mol. The van der Waals surface area contributed by atoms with Gasteiger partial charge in [-0.3, -0.25) is 9.59 Å². The van der Waals surface area contributed by atoms with Crippen molar-refractivity contribution in [3.05, 3.63) is 45.0 Å². The van der Waals surface area contributed by atoms with E-state index in [9.17, 15) is 14.0 Å². The lowest BCUT2D eigenvalue weighted by Crippen LogP contribution is -2.21. The van der Waals surface area contributed by atoms with Crippen LogP contribution in [0.5, 0.6) is 0 Å². The first kappa shape index (κ1) is 14.0. The summed E-state index contributed by atoms with van der Waals surface area (Å²) in [5, 5.41) is 8.73. The molecule has 0 bridgehead atoms. The van der Waals surface area contributed by atoms with Crippen LogP contribution in [0, 0.1) is 5.82 Å². The van der Waals surface area contributed by atoms with E-state index in [1.54, 1.807) is 0 Å². The maximum atomic E-state index is 13.0. The number of halogens is 2. The Morgan fingerprint density at radius 1 is 1.50 bits per heavy atom. The summed E-state index contributed by atoms with van der Waals surface area (Å²) in [4.78, 5) is 28.7. The highest BCUT2D eigenvalue weighted by atomic mass is 35.5. The standard InChI is InChI=1S/C12H9ClFN3O3/c13-8-3-5(14)1-2-6(8)11-16-10(15)7(4-9(18)19)12(20)17-11/h1-3H,4H2,(H,18,19)(H3,15,16,17,20). The maximum absolute atomic E-state index is 13.0. The summed E-state index contributed by atoms with van der Waals surface area (Å²) < 4.78 is 13.0. The van der Waals surface area contributed by atoms with Crippen molar-refractivity contribution in [2.75, 3.05) is 5.73 Å². The molecule has 2 rings (SSSR count). The molecule has 1 aromatic heterocycles. The zero-order valence-corrected chi connectivity index (χ0v) is 10.7. The fourth-order valence-corrected chi connectivity index (χ4v) is 1.90. The number of H-pyrrole nitrogens is 1. The van der Waals surface area contributed by atoms with E-state index in [0.717, 1.165) is 12.1 Å². The fourth-order valence-electron chi connectivity index (χ4n) is 1.65. The second-order valence-electron chi connectivity index (χ2n) is 3.97. The quantitative estimate of drug-likeness (QED) is 0.794. The predicted octanol–water partition coefficient (Wildman–Crippen LogP) is 1.44. The number of anilines is 1. The monoisotopic (exact) mass is 297 g/mol. The molecule has 0 fully saturated rings. The van der Waals surface area contributed by atoms with Crippen molar-refractivity contribution in [2.45, 2.75) is 6.42 Å². The van der Waals surface area contributed by atoms with E-state index in [2.05, 4.69) is 9.97 Å². The number of aromatic amines is 1. The highest BCUT2D eigenvalue weighted by molar-refractivity contribution is 6.33. The van der Waals surface area contributed by atoms with Crippen molar-refractivity contribution in [3.8, 4) is 11.4 Å². The van der Waals surface area contributed by atoms with Crippen molar-refractivity contribution in [3.63, 3.8) is 0 Å². The molecule has 0 aliphatic rings. The molecule has 0 spiro atoms. The molecular formula is C12H9ClFN3O3. The zero-order valence-electron chi connectivity index (χ0n) is 9.98. The van der Waals surface area contributed by atoms with Crippen molar-refractivity contribution >= 4 is 23.4 Å². The van der Waals surface area contributed by atoms with Gasteiger partial charge in [-0.05, 0) is 18.2 Å². The number of rotatable bonds is 3. The smallest absolute Gasteiger partial charge is 0.308 e. The lowest BCUT2D eigenvalue weighted by Gasteiger charge is -2.07. The Labute approximate surface area is 117 Å². The first-order valence-electron chi connectivity index (χ1n) is 5.44. The number of carbonyl (C=O) groups is 1. The minimum absolute atomic E-state index is 0.0478. The van der Waals surface area contributed by atoms with E-state index >= 15 is 0 Å². The van der Waals surface area contributed by atoms with Crippen LogP contribution in [0.15, 0.2) is 23.0 Å². The van der Waals surface area contributed by atoms with E-state index in [0.29, 0.717) is 5.56 Å². The number of nitrogens with one attached hydrogen (secondary N) is 1. The molecule has 104 valence electrons. The van der Waals surface area contributed by atoms with Gasteiger partial charge in [-0.1, -0.05) is 11.6 Å². The third-order valence-electron chi connectivity index (χ3n) is 2.56. The summed E-state index contributed by atoms with van der Waals surface area (Å²) in [5.74, 6) is -1.88. The number of hydrogen-bond acceptors (Lipinski definition) is 4. The fraction of sp³-hybridized carbons (Fsp3) is 0.0833. The maximum Gasteiger partial charge on any atom is 0.308 e. The summed E-state index contributed by atoms with van der Waals surface area (Å²) in [6, 6.07) is 3.56. The van der Waals surface area contributed by atoms with Gasteiger partial charge < -0.3 is 15.8 Å².